The monoisotopic (exact) mass is 281 g/mol. The number of rotatable bonds is 3. The van der Waals surface area contributed by atoms with E-state index in [2.05, 4.69) is 6.07 Å². The van der Waals surface area contributed by atoms with Crippen LogP contribution in [0.3, 0.4) is 0 Å². The number of hydrogen-bond donors (Lipinski definition) is 1. The summed E-state index contributed by atoms with van der Waals surface area (Å²) in [4.78, 5) is 1.06. The molecule has 1 atom stereocenters. The molecule has 0 spiro atoms. The molecule has 0 aliphatic heterocycles. The highest BCUT2D eigenvalue weighted by Crippen LogP contribution is 2.36. The molecule has 0 amide bonds. The topological polar surface area (TPSA) is 35.2 Å². The van der Waals surface area contributed by atoms with Crippen LogP contribution in [0.1, 0.15) is 27.6 Å². The van der Waals surface area contributed by atoms with Crippen LogP contribution in [0.2, 0.25) is 4.34 Å². The molecule has 0 fully saturated rings. The van der Waals surface area contributed by atoms with Gasteiger partial charge in [0.25, 0.3) is 0 Å². The summed E-state index contributed by atoms with van der Waals surface area (Å²) in [6.07, 6.45) is 0. The summed E-state index contributed by atoms with van der Waals surface area (Å²) in [6, 6.07) is 7.87. The van der Waals surface area contributed by atoms with Gasteiger partial charge in [-0.15, -0.1) is 11.3 Å². The van der Waals surface area contributed by atoms with Gasteiger partial charge in [0.15, 0.2) is 0 Å². The van der Waals surface area contributed by atoms with E-state index in [9.17, 15) is 0 Å². The molecular weight excluding hydrogens is 266 g/mol. The van der Waals surface area contributed by atoms with Crippen molar-refractivity contribution in [3.63, 3.8) is 0 Å². The standard InChI is InChI=1S/C14H16ClNOS/c1-8-4-5-11(17-3)10(6-8)13(16)12-7-9(2)14(15)18-12/h4-7,13H,16H2,1-3H3. The minimum atomic E-state index is -0.198. The van der Waals surface area contributed by atoms with Gasteiger partial charge in [-0.25, -0.2) is 0 Å². The Morgan fingerprint density at radius 3 is 2.56 bits per heavy atom. The fourth-order valence-corrected chi connectivity index (χ4v) is 3.13. The molecule has 1 unspecified atom stereocenters. The van der Waals surface area contributed by atoms with E-state index in [4.69, 9.17) is 22.1 Å². The smallest absolute Gasteiger partial charge is 0.124 e. The molecule has 0 aliphatic rings. The molecule has 1 aromatic heterocycles. The van der Waals surface area contributed by atoms with Crippen LogP contribution in [0, 0.1) is 13.8 Å². The minimum Gasteiger partial charge on any atom is -0.496 e. The summed E-state index contributed by atoms with van der Waals surface area (Å²) in [5, 5.41) is 0. The van der Waals surface area contributed by atoms with Crippen molar-refractivity contribution in [2.45, 2.75) is 19.9 Å². The average molecular weight is 282 g/mol. The predicted octanol–water partition coefficient (Wildman–Crippen LogP) is 4.08. The first-order valence-electron chi connectivity index (χ1n) is 5.69. The molecule has 2 aromatic rings. The van der Waals surface area contributed by atoms with Crippen LogP contribution in [0.5, 0.6) is 5.75 Å². The number of ether oxygens (including phenoxy) is 1. The summed E-state index contributed by atoms with van der Waals surface area (Å²) in [6.45, 7) is 4.03. The normalized spacial score (nSPS) is 12.5. The molecule has 96 valence electrons. The van der Waals surface area contributed by atoms with Gasteiger partial charge in [0.05, 0.1) is 17.5 Å². The van der Waals surface area contributed by atoms with Crippen molar-refractivity contribution < 1.29 is 4.74 Å². The highest BCUT2D eigenvalue weighted by atomic mass is 35.5. The predicted molar refractivity (Wildman–Crippen MR) is 77.8 cm³/mol. The fraction of sp³-hybridized carbons (Fsp3) is 0.286. The van der Waals surface area contributed by atoms with Crippen LogP contribution in [-0.2, 0) is 0 Å². The lowest BCUT2D eigenvalue weighted by Crippen LogP contribution is -2.11. The largest absolute Gasteiger partial charge is 0.496 e. The Hall–Kier alpha value is -1.03. The second-order valence-corrected chi connectivity index (χ2v) is 6.01. The van der Waals surface area contributed by atoms with Crippen LogP contribution >= 0.6 is 22.9 Å². The number of thiophene rings is 1. The lowest BCUT2D eigenvalue weighted by atomic mass is 10.0. The Morgan fingerprint density at radius 1 is 1.28 bits per heavy atom. The summed E-state index contributed by atoms with van der Waals surface area (Å²) >= 11 is 7.62. The highest BCUT2D eigenvalue weighted by Gasteiger charge is 2.17. The van der Waals surface area contributed by atoms with Crippen molar-refractivity contribution in [1.29, 1.82) is 0 Å². The second-order valence-electron chi connectivity index (χ2n) is 4.33. The van der Waals surface area contributed by atoms with Gasteiger partial charge in [-0.1, -0.05) is 29.3 Å². The number of methoxy groups -OCH3 is 1. The van der Waals surface area contributed by atoms with Crippen LogP contribution in [0.4, 0.5) is 0 Å². The Bertz CT molecular complexity index is 545. The summed E-state index contributed by atoms with van der Waals surface area (Å²) in [5.41, 5.74) is 9.55. The van der Waals surface area contributed by atoms with E-state index < -0.39 is 0 Å². The van der Waals surface area contributed by atoms with Crippen molar-refractivity contribution >= 4 is 22.9 Å². The molecule has 2 N–H and O–H groups in total. The Balaban J connectivity index is 2.44. The quantitative estimate of drug-likeness (QED) is 0.920. The Labute approximate surface area is 116 Å². The Kier molecular flexibility index (Phi) is 3.95. The average Bonchev–Trinajstić information content (AvgIpc) is 2.68. The molecule has 0 bridgehead atoms. The van der Waals surface area contributed by atoms with Crippen molar-refractivity contribution in [2.75, 3.05) is 7.11 Å². The third kappa shape index (κ3) is 2.53. The zero-order valence-corrected chi connectivity index (χ0v) is 12.2. The van der Waals surface area contributed by atoms with Gasteiger partial charge in [-0.3, -0.25) is 0 Å². The number of aryl methyl sites for hydroxylation is 2. The van der Waals surface area contributed by atoms with Crippen molar-refractivity contribution in [3.8, 4) is 5.75 Å². The highest BCUT2D eigenvalue weighted by molar-refractivity contribution is 7.16. The first-order valence-corrected chi connectivity index (χ1v) is 6.88. The zero-order valence-electron chi connectivity index (χ0n) is 10.7. The van der Waals surface area contributed by atoms with E-state index in [1.807, 2.05) is 32.0 Å². The van der Waals surface area contributed by atoms with E-state index >= 15 is 0 Å². The summed E-state index contributed by atoms with van der Waals surface area (Å²) in [7, 11) is 1.66. The summed E-state index contributed by atoms with van der Waals surface area (Å²) in [5.74, 6) is 0.815. The van der Waals surface area contributed by atoms with Crippen molar-refractivity contribution in [1.82, 2.24) is 0 Å². The lowest BCUT2D eigenvalue weighted by Gasteiger charge is -2.15. The van der Waals surface area contributed by atoms with Gasteiger partial charge in [-0.05, 0) is 31.5 Å². The molecule has 0 aliphatic carbocycles. The Morgan fingerprint density at radius 2 is 2.00 bits per heavy atom. The molecular formula is C14H16ClNOS. The molecule has 2 nitrogen and oxygen atoms in total. The van der Waals surface area contributed by atoms with Gasteiger partial charge >= 0.3 is 0 Å². The second kappa shape index (κ2) is 5.31. The molecule has 1 heterocycles. The number of halogens is 1. The first kappa shape index (κ1) is 13.4. The van der Waals surface area contributed by atoms with E-state index in [1.54, 1.807) is 7.11 Å². The molecule has 18 heavy (non-hydrogen) atoms. The molecule has 2 rings (SSSR count). The molecule has 0 saturated carbocycles. The number of hydrogen-bond acceptors (Lipinski definition) is 3. The van der Waals surface area contributed by atoms with Crippen LogP contribution in [0.25, 0.3) is 0 Å². The lowest BCUT2D eigenvalue weighted by molar-refractivity contribution is 0.408. The maximum atomic E-state index is 6.32. The molecule has 1 aromatic carbocycles. The third-order valence-electron chi connectivity index (χ3n) is 2.90. The van der Waals surface area contributed by atoms with E-state index in [-0.39, 0.29) is 6.04 Å². The SMILES string of the molecule is COc1ccc(C)cc1C(N)c1cc(C)c(Cl)s1. The molecule has 0 saturated heterocycles. The minimum absolute atomic E-state index is 0.198. The van der Waals surface area contributed by atoms with Crippen molar-refractivity contribution in [2.24, 2.45) is 5.73 Å². The third-order valence-corrected chi connectivity index (χ3v) is 4.54. The van der Waals surface area contributed by atoms with Gasteiger partial charge in [0.2, 0.25) is 0 Å². The fourth-order valence-electron chi connectivity index (χ4n) is 1.89. The van der Waals surface area contributed by atoms with Crippen LogP contribution < -0.4 is 10.5 Å². The van der Waals surface area contributed by atoms with Crippen molar-refractivity contribution in [3.05, 3.63) is 50.2 Å². The number of benzene rings is 1. The van der Waals surface area contributed by atoms with Crippen LogP contribution in [-0.4, -0.2) is 7.11 Å². The van der Waals surface area contributed by atoms with Gasteiger partial charge in [0, 0.05) is 10.4 Å². The maximum absolute atomic E-state index is 6.32. The van der Waals surface area contributed by atoms with Gasteiger partial charge in [0.1, 0.15) is 5.75 Å². The maximum Gasteiger partial charge on any atom is 0.124 e. The van der Waals surface area contributed by atoms with E-state index in [1.165, 1.54) is 16.9 Å². The first-order chi connectivity index (χ1) is 8.52. The van der Waals surface area contributed by atoms with E-state index in [0.29, 0.717) is 0 Å². The van der Waals surface area contributed by atoms with Crippen LogP contribution in [0.15, 0.2) is 24.3 Å². The van der Waals surface area contributed by atoms with Gasteiger partial charge < -0.3 is 10.5 Å². The summed E-state index contributed by atoms with van der Waals surface area (Å²) < 4.78 is 6.17. The van der Waals surface area contributed by atoms with E-state index in [0.717, 1.165) is 26.1 Å². The molecule has 4 heteroatoms. The zero-order chi connectivity index (χ0) is 13.3. The molecule has 0 radical (unpaired) electrons. The van der Waals surface area contributed by atoms with Gasteiger partial charge in [-0.2, -0.15) is 0 Å². The number of nitrogens with two attached hydrogens (primary N) is 1.